The second-order valence-corrected chi connectivity index (χ2v) is 6.29. The van der Waals surface area contributed by atoms with E-state index < -0.39 is 0 Å². The quantitative estimate of drug-likeness (QED) is 0.905. The highest BCUT2D eigenvalue weighted by Crippen LogP contribution is 2.34. The Balaban J connectivity index is 0.00000180. The Bertz CT molecular complexity index is 427. The van der Waals surface area contributed by atoms with E-state index in [0.717, 1.165) is 5.56 Å². The minimum atomic E-state index is -0.305. The summed E-state index contributed by atoms with van der Waals surface area (Å²) in [4.78, 5) is 0. The van der Waals surface area contributed by atoms with Crippen molar-refractivity contribution in [2.45, 2.75) is 39.7 Å². The van der Waals surface area contributed by atoms with Crippen LogP contribution in [-0.2, 0) is 0 Å². The first-order valence-electron chi connectivity index (χ1n) is 6.56. The first kappa shape index (κ1) is 16.3. The number of ether oxygens (including phenoxy) is 1. The number of halogens is 2. The molecule has 0 saturated heterocycles. The van der Waals surface area contributed by atoms with E-state index in [0.29, 0.717) is 18.3 Å². The van der Waals surface area contributed by atoms with Gasteiger partial charge in [-0.25, -0.2) is 4.39 Å². The molecule has 4 heteroatoms. The third-order valence-corrected chi connectivity index (χ3v) is 3.42. The van der Waals surface area contributed by atoms with Crippen molar-refractivity contribution >= 4 is 12.4 Å². The normalized spacial score (nSPS) is 16.7. The molecule has 1 saturated carbocycles. The smallest absolute Gasteiger partial charge is 0.165 e. The van der Waals surface area contributed by atoms with Gasteiger partial charge in [-0.2, -0.15) is 0 Å². The van der Waals surface area contributed by atoms with E-state index in [9.17, 15) is 4.39 Å². The van der Waals surface area contributed by atoms with Crippen LogP contribution in [0, 0.1) is 17.2 Å². The summed E-state index contributed by atoms with van der Waals surface area (Å²) in [6.07, 6.45) is 2.39. The highest BCUT2D eigenvalue weighted by atomic mass is 35.5. The summed E-state index contributed by atoms with van der Waals surface area (Å²) in [5.41, 5.74) is 7.06. The third kappa shape index (κ3) is 4.36. The topological polar surface area (TPSA) is 35.2 Å². The lowest BCUT2D eigenvalue weighted by molar-refractivity contribution is 0.282. The van der Waals surface area contributed by atoms with Crippen LogP contribution in [0.4, 0.5) is 4.39 Å². The Morgan fingerprint density at radius 3 is 2.53 bits per heavy atom. The molecule has 0 spiro atoms. The zero-order valence-electron chi connectivity index (χ0n) is 11.8. The Hall–Kier alpha value is -0.800. The van der Waals surface area contributed by atoms with Crippen LogP contribution < -0.4 is 10.5 Å². The van der Waals surface area contributed by atoms with Crippen LogP contribution in [0.15, 0.2) is 18.2 Å². The molecule has 1 unspecified atom stereocenters. The predicted octanol–water partition coefficient (Wildman–Crippen LogP) is 4.08. The summed E-state index contributed by atoms with van der Waals surface area (Å²) >= 11 is 0. The fourth-order valence-electron chi connectivity index (χ4n) is 1.82. The molecule has 1 atom stereocenters. The standard InChI is InChI=1S/C15H22FNO.ClH/c1-15(2,3)14(17)11-6-7-12(16)13(8-11)18-9-10-4-5-10;/h6-8,10,14H,4-5,9,17H2,1-3H3;1H. The van der Waals surface area contributed by atoms with Crippen molar-refractivity contribution in [2.24, 2.45) is 17.1 Å². The second kappa shape index (κ2) is 6.10. The molecular weight excluding hydrogens is 265 g/mol. The van der Waals surface area contributed by atoms with Gasteiger partial charge in [0.2, 0.25) is 0 Å². The molecule has 108 valence electrons. The molecule has 1 aliphatic carbocycles. The van der Waals surface area contributed by atoms with E-state index in [1.54, 1.807) is 12.1 Å². The van der Waals surface area contributed by atoms with E-state index in [2.05, 4.69) is 20.8 Å². The molecule has 1 fully saturated rings. The molecule has 0 aliphatic heterocycles. The van der Waals surface area contributed by atoms with Crippen LogP contribution in [0.3, 0.4) is 0 Å². The van der Waals surface area contributed by atoms with Gasteiger partial charge in [-0.15, -0.1) is 12.4 Å². The first-order valence-corrected chi connectivity index (χ1v) is 6.56. The molecular formula is C15H23ClFNO. The van der Waals surface area contributed by atoms with Crippen LogP contribution >= 0.6 is 12.4 Å². The van der Waals surface area contributed by atoms with Gasteiger partial charge in [0.1, 0.15) is 0 Å². The van der Waals surface area contributed by atoms with Crippen molar-refractivity contribution in [1.29, 1.82) is 0 Å². The molecule has 0 bridgehead atoms. The van der Waals surface area contributed by atoms with Crippen LogP contribution in [0.5, 0.6) is 5.75 Å². The maximum Gasteiger partial charge on any atom is 0.165 e. The molecule has 2 N–H and O–H groups in total. The summed E-state index contributed by atoms with van der Waals surface area (Å²) in [6, 6.07) is 4.81. The molecule has 1 aromatic carbocycles. The fraction of sp³-hybridized carbons (Fsp3) is 0.600. The molecule has 2 rings (SSSR count). The molecule has 1 aliphatic rings. The largest absolute Gasteiger partial charge is 0.490 e. The van der Waals surface area contributed by atoms with Gasteiger partial charge in [0.15, 0.2) is 11.6 Å². The molecule has 1 aromatic rings. The van der Waals surface area contributed by atoms with Crippen molar-refractivity contribution in [2.75, 3.05) is 6.61 Å². The molecule has 19 heavy (non-hydrogen) atoms. The fourth-order valence-corrected chi connectivity index (χ4v) is 1.82. The highest BCUT2D eigenvalue weighted by molar-refractivity contribution is 5.85. The van der Waals surface area contributed by atoms with E-state index in [-0.39, 0.29) is 29.7 Å². The zero-order valence-corrected chi connectivity index (χ0v) is 12.6. The van der Waals surface area contributed by atoms with Gasteiger partial charge in [0.05, 0.1) is 6.61 Å². The summed E-state index contributed by atoms with van der Waals surface area (Å²) in [7, 11) is 0. The predicted molar refractivity (Wildman–Crippen MR) is 78.3 cm³/mol. The Labute approximate surface area is 120 Å². The van der Waals surface area contributed by atoms with Gasteiger partial charge >= 0.3 is 0 Å². The van der Waals surface area contributed by atoms with Crippen LogP contribution in [0.25, 0.3) is 0 Å². The van der Waals surface area contributed by atoms with Crippen LogP contribution in [0.1, 0.15) is 45.2 Å². The van der Waals surface area contributed by atoms with E-state index in [1.165, 1.54) is 18.9 Å². The lowest BCUT2D eigenvalue weighted by Gasteiger charge is -2.27. The van der Waals surface area contributed by atoms with Crippen molar-refractivity contribution < 1.29 is 9.13 Å². The minimum absolute atomic E-state index is 0. The number of benzene rings is 1. The van der Waals surface area contributed by atoms with Gasteiger partial charge in [0, 0.05) is 6.04 Å². The summed E-state index contributed by atoms with van der Waals surface area (Å²) in [5.74, 6) is 0.643. The minimum Gasteiger partial charge on any atom is -0.490 e. The highest BCUT2D eigenvalue weighted by Gasteiger charge is 2.25. The Morgan fingerprint density at radius 1 is 1.37 bits per heavy atom. The first-order chi connectivity index (χ1) is 8.38. The average Bonchev–Trinajstić information content (AvgIpc) is 3.10. The van der Waals surface area contributed by atoms with E-state index >= 15 is 0 Å². The Morgan fingerprint density at radius 2 is 2.00 bits per heavy atom. The van der Waals surface area contributed by atoms with Gasteiger partial charge in [-0.1, -0.05) is 26.8 Å². The molecule has 0 heterocycles. The molecule has 2 nitrogen and oxygen atoms in total. The Kier molecular flexibility index (Phi) is 5.22. The van der Waals surface area contributed by atoms with E-state index in [4.69, 9.17) is 10.5 Å². The average molecular weight is 288 g/mol. The van der Waals surface area contributed by atoms with Crippen molar-refractivity contribution in [3.05, 3.63) is 29.6 Å². The number of hydrogen-bond acceptors (Lipinski definition) is 2. The second-order valence-electron chi connectivity index (χ2n) is 6.29. The summed E-state index contributed by atoms with van der Waals surface area (Å²) in [6.45, 7) is 6.84. The summed E-state index contributed by atoms with van der Waals surface area (Å²) in [5, 5.41) is 0. The van der Waals surface area contributed by atoms with Crippen molar-refractivity contribution in [3.8, 4) is 5.75 Å². The maximum atomic E-state index is 13.6. The summed E-state index contributed by atoms with van der Waals surface area (Å²) < 4.78 is 19.2. The van der Waals surface area contributed by atoms with Crippen molar-refractivity contribution in [1.82, 2.24) is 0 Å². The number of nitrogens with two attached hydrogens (primary N) is 1. The van der Waals surface area contributed by atoms with Gasteiger partial charge in [-0.3, -0.25) is 0 Å². The van der Waals surface area contributed by atoms with Gasteiger partial charge < -0.3 is 10.5 Å². The number of hydrogen-bond donors (Lipinski definition) is 1. The van der Waals surface area contributed by atoms with Crippen molar-refractivity contribution in [3.63, 3.8) is 0 Å². The molecule has 0 aromatic heterocycles. The zero-order chi connectivity index (χ0) is 13.3. The monoisotopic (exact) mass is 287 g/mol. The molecule has 0 radical (unpaired) electrons. The third-order valence-electron chi connectivity index (χ3n) is 3.42. The number of rotatable bonds is 4. The van der Waals surface area contributed by atoms with Crippen LogP contribution in [-0.4, -0.2) is 6.61 Å². The SMILES string of the molecule is CC(C)(C)C(N)c1ccc(F)c(OCC2CC2)c1.Cl. The lowest BCUT2D eigenvalue weighted by atomic mass is 9.83. The van der Waals surface area contributed by atoms with Gasteiger partial charge in [-0.05, 0) is 41.9 Å². The van der Waals surface area contributed by atoms with Crippen LogP contribution in [0.2, 0.25) is 0 Å². The molecule has 0 amide bonds. The lowest BCUT2D eigenvalue weighted by Crippen LogP contribution is -2.26. The van der Waals surface area contributed by atoms with Gasteiger partial charge in [0.25, 0.3) is 0 Å². The maximum absolute atomic E-state index is 13.6. The van der Waals surface area contributed by atoms with E-state index in [1.807, 2.05) is 0 Å².